The summed E-state index contributed by atoms with van der Waals surface area (Å²) in [6.45, 7) is 6.38. The Balaban J connectivity index is 0.00000243. The van der Waals surface area contributed by atoms with E-state index in [1.807, 2.05) is 0 Å². The molecule has 5 nitrogen and oxygen atoms in total. The van der Waals surface area contributed by atoms with Crippen LogP contribution in [0.15, 0.2) is 35.5 Å². The molecule has 0 amide bonds. The number of aromatic amines is 1. The van der Waals surface area contributed by atoms with Crippen molar-refractivity contribution in [2.24, 2.45) is 10.9 Å². The zero-order chi connectivity index (χ0) is 17.3. The zero-order valence-corrected chi connectivity index (χ0v) is 17.9. The van der Waals surface area contributed by atoms with Gasteiger partial charge in [-0.25, -0.2) is 0 Å². The fourth-order valence-corrected chi connectivity index (χ4v) is 2.89. The fraction of sp³-hybridized carbons (Fsp3) is 0.550. The lowest BCUT2D eigenvalue weighted by Crippen LogP contribution is -2.38. The van der Waals surface area contributed by atoms with Crippen molar-refractivity contribution >= 4 is 40.8 Å². The lowest BCUT2D eigenvalue weighted by molar-refractivity contribution is 0.123. The van der Waals surface area contributed by atoms with Gasteiger partial charge in [-0.1, -0.05) is 18.2 Å². The normalized spacial score (nSPS) is 14.3. The average molecular weight is 470 g/mol. The number of aromatic nitrogens is 1. The number of rotatable bonds is 10. The van der Waals surface area contributed by atoms with E-state index in [-0.39, 0.29) is 24.0 Å². The number of ether oxygens (including phenoxy) is 1. The molecule has 3 N–H and O–H groups in total. The summed E-state index contributed by atoms with van der Waals surface area (Å²) in [5.74, 6) is 1.73. The molecule has 0 saturated heterocycles. The first kappa shape index (κ1) is 21.0. The number of halogens is 1. The van der Waals surface area contributed by atoms with Crippen molar-refractivity contribution in [3.05, 3.63) is 36.0 Å². The Kier molecular flexibility index (Phi) is 9.25. The van der Waals surface area contributed by atoms with Crippen LogP contribution in [-0.4, -0.2) is 43.8 Å². The van der Waals surface area contributed by atoms with Crippen molar-refractivity contribution in [1.82, 2.24) is 15.6 Å². The lowest BCUT2D eigenvalue weighted by Gasteiger charge is -2.11. The highest BCUT2D eigenvalue weighted by molar-refractivity contribution is 14.0. The lowest BCUT2D eigenvalue weighted by atomic mass is 10.1. The Morgan fingerprint density at radius 1 is 1.27 bits per heavy atom. The minimum Gasteiger partial charge on any atom is -0.381 e. The van der Waals surface area contributed by atoms with Gasteiger partial charge in [0, 0.05) is 49.9 Å². The second-order valence-corrected chi connectivity index (χ2v) is 6.67. The highest BCUT2D eigenvalue weighted by Crippen LogP contribution is 2.28. The molecule has 1 aromatic carbocycles. The number of benzene rings is 1. The van der Waals surface area contributed by atoms with Crippen LogP contribution >= 0.6 is 24.0 Å². The summed E-state index contributed by atoms with van der Waals surface area (Å²) >= 11 is 0. The van der Waals surface area contributed by atoms with Gasteiger partial charge in [-0.05, 0) is 50.2 Å². The van der Waals surface area contributed by atoms with Crippen molar-refractivity contribution in [3.63, 3.8) is 0 Å². The third-order valence-corrected chi connectivity index (χ3v) is 4.47. The van der Waals surface area contributed by atoms with Gasteiger partial charge in [-0.15, -0.1) is 24.0 Å². The Morgan fingerprint density at radius 2 is 2.12 bits per heavy atom. The van der Waals surface area contributed by atoms with Crippen molar-refractivity contribution in [2.75, 3.05) is 32.8 Å². The number of nitrogens with zero attached hydrogens (tertiary/aromatic N) is 1. The van der Waals surface area contributed by atoms with Gasteiger partial charge >= 0.3 is 0 Å². The summed E-state index contributed by atoms with van der Waals surface area (Å²) in [4.78, 5) is 7.96. The van der Waals surface area contributed by atoms with Crippen LogP contribution in [0.25, 0.3) is 10.9 Å². The van der Waals surface area contributed by atoms with Crippen LogP contribution in [0, 0.1) is 5.92 Å². The predicted octanol–water partition coefficient (Wildman–Crippen LogP) is 3.70. The van der Waals surface area contributed by atoms with E-state index in [0.717, 1.165) is 57.6 Å². The van der Waals surface area contributed by atoms with E-state index in [2.05, 4.69) is 58.0 Å². The van der Waals surface area contributed by atoms with Gasteiger partial charge in [-0.3, -0.25) is 4.99 Å². The molecule has 26 heavy (non-hydrogen) atoms. The molecule has 3 rings (SSSR count). The van der Waals surface area contributed by atoms with E-state index in [4.69, 9.17) is 4.74 Å². The van der Waals surface area contributed by atoms with Crippen molar-refractivity contribution < 1.29 is 4.74 Å². The van der Waals surface area contributed by atoms with Gasteiger partial charge in [0.25, 0.3) is 0 Å². The number of fused-ring (bicyclic) bond motifs is 1. The van der Waals surface area contributed by atoms with Crippen LogP contribution in [0.2, 0.25) is 0 Å². The maximum Gasteiger partial charge on any atom is 0.191 e. The van der Waals surface area contributed by atoms with Crippen molar-refractivity contribution in [2.45, 2.75) is 32.6 Å². The van der Waals surface area contributed by atoms with E-state index in [1.165, 1.54) is 29.3 Å². The molecule has 1 aliphatic carbocycles. The number of aliphatic imine (C=N–C) groups is 1. The number of nitrogens with one attached hydrogen (secondary N) is 3. The third-order valence-electron chi connectivity index (χ3n) is 4.47. The number of guanidine groups is 1. The Hall–Kier alpha value is -1.28. The molecule has 2 aromatic rings. The van der Waals surface area contributed by atoms with Crippen molar-refractivity contribution in [1.29, 1.82) is 0 Å². The molecule has 0 atom stereocenters. The molecular formula is C20H31IN4O. The Morgan fingerprint density at radius 3 is 2.92 bits per heavy atom. The van der Waals surface area contributed by atoms with Crippen molar-refractivity contribution in [3.8, 4) is 0 Å². The number of para-hydroxylation sites is 1. The van der Waals surface area contributed by atoms with Crippen LogP contribution < -0.4 is 10.6 Å². The van der Waals surface area contributed by atoms with Crippen LogP contribution in [0.1, 0.15) is 31.7 Å². The summed E-state index contributed by atoms with van der Waals surface area (Å²) in [6.07, 6.45) is 6.75. The van der Waals surface area contributed by atoms with Gasteiger partial charge in [0.1, 0.15) is 0 Å². The number of H-pyrrole nitrogens is 1. The predicted molar refractivity (Wildman–Crippen MR) is 120 cm³/mol. The maximum absolute atomic E-state index is 5.66. The minimum absolute atomic E-state index is 0. The largest absolute Gasteiger partial charge is 0.381 e. The topological polar surface area (TPSA) is 61.4 Å². The summed E-state index contributed by atoms with van der Waals surface area (Å²) in [5.41, 5.74) is 2.54. The molecule has 144 valence electrons. The monoisotopic (exact) mass is 470 g/mol. The van der Waals surface area contributed by atoms with Crippen LogP contribution in [-0.2, 0) is 11.2 Å². The molecule has 1 saturated carbocycles. The van der Waals surface area contributed by atoms with Gasteiger partial charge < -0.3 is 20.4 Å². The molecule has 1 aliphatic rings. The van der Waals surface area contributed by atoms with E-state index >= 15 is 0 Å². The van der Waals surface area contributed by atoms with Gasteiger partial charge in [0.05, 0.1) is 0 Å². The molecule has 0 aliphatic heterocycles. The first-order valence-corrected chi connectivity index (χ1v) is 9.51. The quantitative estimate of drug-likeness (QED) is 0.215. The minimum atomic E-state index is 0. The fourth-order valence-electron chi connectivity index (χ4n) is 2.89. The van der Waals surface area contributed by atoms with Crippen LogP contribution in [0.3, 0.4) is 0 Å². The van der Waals surface area contributed by atoms with Gasteiger partial charge in [0.15, 0.2) is 5.96 Å². The SMILES string of the molecule is CCNC(=NCCCOCC1CC1)NCCc1c[nH]c2ccccc12.I. The summed E-state index contributed by atoms with van der Waals surface area (Å²) in [7, 11) is 0. The summed E-state index contributed by atoms with van der Waals surface area (Å²) < 4.78 is 5.66. The summed E-state index contributed by atoms with van der Waals surface area (Å²) in [5, 5.41) is 8.04. The number of hydrogen-bond donors (Lipinski definition) is 3. The van der Waals surface area contributed by atoms with E-state index in [1.54, 1.807) is 0 Å². The molecule has 0 unspecified atom stereocenters. The molecule has 0 radical (unpaired) electrons. The van der Waals surface area contributed by atoms with Gasteiger partial charge in [0.2, 0.25) is 0 Å². The highest BCUT2D eigenvalue weighted by atomic mass is 127. The van der Waals surface area contributed by atoms with Crippen LogP contribution in [0.4, 0.5) is 0 Å². The molecule has 0 spiro atoms. The average Bonchev–Trinajstić information content (AvgIpc) is 3.37. The second kappa shape index (κ2) is 11.4. The zero-order valence-electron chi connectivity index (χ0n) is 15.6. The second-order valence-electron chi connectivity index (χ2n) is 6.67. The maximum atomic E-state index is 5.66. The van der Waals surface area contributed by atoms with E-state index in [9.17, 15) is 0 Å². The highest BCUT2D eigenvalue weighted by Gasteiger charge is 2.20. The smallest absolute Gasteiger partial charge is 0.191 e. The number of hydrogen-bond acceptors (Lipinski definition) is 2. The Bertz CT molecular complexity index is 681. The Labute approximate surface area is 173 Å². The first-order valence-electron chi connectivity index (χ1n) is 9.51. The van der Waals surface area contributed by atoms with Gasteiger partial charge in [-0.2, -0.15) is 0 Å². The summed E-state index contributed by atoms with van der Waals surface area (Å²) in [6, 6.07) is 8.43. The molecule has 1 heterocycles. The van der Waals surface area contributed by atoms with E-state index < -0.39 is 0 Å². The third kappa shape index (κ3) is 6.79. The van der Waals surface area contributed by atoms with E-state index in [0.29, 0.717) is 0 Å². The molecule has 1 fully saturated rings. The molecular weight excluding hydrogens is 439 g/mol. The molecule has 6 heteroatoms. The van der Waals surface area contributed by atoms with Crippen LogP contribution in [0.5, 0.6) is 0 Å². The molecule has 0 bridgehead atoms. The molecule has 1 aromatic heterocycles. The first-order chi connectivity index (χ1) is 12.4. The standard InChI is InChI=1S/C20H30N4O.HI/c1-2-21-20(22-11-5-13-25-15-16-8-9-16)23-12-10-17-14-24-19-7-4-3-6-18(17)19;/h3-4,6-7,14,16,24H,2,5,8-13,15H2,1H3,(H2,21,22,23);1H.